The maximum absolute atomic E-state index is 11.6. The first-order chi connectivity index (χ1) is 8.65. The standard InChI is InChI=1S/C12H11Cl2N3O/c13-9-3-1-8(11(14)5-9)2-4-12(18)17-10-6-15-16-7-10/h1,3,5-7H,2,4H2,(H,15,16)(H,17,18). The molecule has 4 nitrogen and oxygen atoms in total. The molecule has 0 aliphatic heterocycles. The summed E-state index contributed by atoms with van der Waals surface area (Å²) in [7, 11) is 0. The topological polar surface area (TPSA) is 57.8 Å². The van der Waals surface area contributed by atoms with Gasteiger partial charge in [-0.05, 0) is 24.1 Å². The quantitative estimate of drug-likeness (QED) is 0.905. The van der Waals surface area contributed by atoms with Crippen LogP contribution in [-0.2, 0) is 11.2 Å². The second-order valence-corrected chi connectivity index (χ2v) is 4.61. The summed E-state index contributed by atoms with van der Waals surface area (Å²) in [5.41, 5.74) is 1.56. The Hall–Kier alpha value is -1.52. The molecule has 6 heteroatoms. The molecule has 1 aromatic carbocycles. The molecule has 0 saturated carbocycles. The number of H-pyrrole nitrogens is 1. The van der Waals surface area contributed by atoms with Crippen molar-refractivity contribution in [2.75, 3.05) is 5.32 Å². The normalized spacial score (nSPS) is 10.3. The number of halogens is 2. The van der Waals surface area contributed by atoms with Crippen LogP contribution >= 0.6 is 23.2 Å². The second kappa shape index (κ2) is 5.89. The van der Waals surface area contributed by atoms with Crippen molar-refractivity contribution in [1.29, 1.82) is 0 Å². The van der Waals surface area contributed by atoms with Crippen molar-refractivity contribution < 1.29 is 4.79 Å². The van der Waals surface area contributed by atoms with E-state index in [-0.39, 0.29) is 5.91 Å². The van der Waals surface area contributed by atoms with Crippen molar-refractivity contribution in [2.24, 2.45) is 0 Å². The lowest BCUT2D eigenvalue weighted by atomic mass is 10.1. The maximum Gasteiger partial charge on any atom is 0.224 e. The van der Waals surface area contributed by atoms with Crippen LogP contribution in [0.5, 0.6) is 0 Å². The summed E-state index contributed by atoms with van der Waals surface area (Å²) in [6.45, 7) is 0. The molecule has 0 saturated heterocycles. The third-order valence-electron chi connectivity index (χ3n) is 2.42. The van der Waals surface area contributed by atoms with Crippen molar-refractivity contribution in [1.82, 2.24) is 10.2 Å². The van der Waals surface area contributed by atoms with Crippen LogP contribution in [0.2, 0.25) is 10.0 Å². The number of anilines is 1. The lowest BCUT2D eigenvalue weighted by molar-refractivity contribution is -0.116. The van der Waals surface area contributed by atoms with Gasteiger partial charge in [-0.1, -0.05) is 29.3 Å². The Morgan fingerprint density at radius 1 is 1.39 bits per heavy atom. The van der Waals surface area contributed by atoms with Gasteiger partial charge in [0.05, 0.1) is 11.9 Å². The lowest BCUT2D eigenvalue weighted by Crippen LogP contribution is -2.11. The zero-order valence-corrected chi connectivity index (χ0v) is 10.9. The molecule has 2 aromatic rings. The molecule has 1 amide bonds. The highest BCUT2D eigenvalue weighted by atomic mass is 35.5. The lowest BCUT2D eigenvalue weighted by Gasteiger charge is -2.05. The molecule has 0 radical (unpaired) electrons. The number of aromatic nitrogens is 2. The Bertz CT molecular complexity index is 540. The van der Waals surface area contributed by atoms with Crippen LogP contribution in [0.15, 0.2) is 30.6 Å². The van der Waals surface area contributed by atoms with Crippen molar-refractivity contribution in [3.8, 4) is 0 Å². The van der Waals surface area contributed by atoms with Crippen LogP contribution in [0.25, 0.3) is 0 Å². The highest BCUT2D eigenvalue weighted by Crippen LogP contribution is 2.22. The van der Waals surface area contributed by atoms with E-state index in [4.69, 9.17) is 23.2 Å². The Labute approximate surface area is 114 Å². The summed E-state index contributed by atoms with van der Waals surface area (Å²) >= 11 is 11.8. The third-order valence-corrected chi connectivity index (χ3v) is 3.01. The van der Waals surface area contributed by atoms with E-state index in [0.29, 0.717) is 28.6 Å². The van der Waals surface area contributed by atoms with Crippen molar-refractivity contribution in [3.05, 3.63) is 46.2 Å². The zero-order valence-electron chi connectivity index (χ0n) is 9.41. The maximum atomic E-state index is 11.6. The summed E-state index contributed by atoms with van der Waals surface area (Å²) < 4.78 is 0. The Kier molecular flexibility index (Phi) is 4.23. The fourth-order valence-electron chi connectivity index (χ4n) is 1.52. The van der Waals surface area contributed by atoms with Gasteiger partial charge >= 0.3 is 0 Å². The third kappa shape index (κ3) is 3.48. The Morgan fingerprint density at radius 2 is 2.22 bits per heavy atom. The number of nitrogens with one attached hydrogen (secondary N) is 2. The minimum absolute atomic E-state index is 0.0811. The van der Waals surface area contributed by atoms with E-state index >= 15 is 0 Å². The number of carbonyl (C=O) groups excluding carboxylic acids is 1. The molecule has 2 rings (SSSR count). The van der Waals surface area contributed by atoms with E-state index in [2.05, 4.69) is 15.5 Å². The van der Waals surface area contributed by atoms with Crippen LogP contribution in [0.1, 0.15) is 12.0 Å². The van der Waals surface area contributed by atoms with Gasteiger partial charge in [-0.3, -0.25) is 9.89 Å². The van der Waals surface area contributed by atoms with E-state index in [1.54, 1.807) is 24.5 Å². The van der Waals surface area contributed by atoms with Gasteiger partial charge in [0, 0.05) is 22.7 Å². The Morgan fingerprint density at radius 3 is 2.89 bits per heavy atom. The average Bonchev–Trinajstić information content (AvgIpc) is 2.80. The summed E-state index contributed by atoms with van der Waals surface area (Å²) in [6.07, 6.45) is 4.09. The van der Waals surface area contributed by atoms with Gasteiger partial charge in [0.15, 0.2) is 0 Å². The van der Waals surface area contributed by atoms with Crippen LogP contribution in [0, 0.1) is 0 Å². The minimum atomic E-state index is -0.0811. The largest absolute Gasteiger partial charge is 0.323 e. The van der Waals surface area contributed by atoms with Crippen molar-refractivity contribution in [2.45, 2.75) is 12.8 Å². The van der Waals surface area contributed by atoms with E-state index in [0.717, 1.165) is 5.56 Å². The van der Waals surface area contributed by atoms with Gasteiger partial charge in [0.25, 0.3) is 0 Å². The molecule has 0 spiro atoms. The molecule has 0 aliphatic rings. The summed E-state index contributed by atoms with van der Waals surface area (Å²) in [6, 6.07) is 5.26. The number of hydrogen-bond donors (Lipinski definition) is 2. The monoisotopic (exact) mass is 283 g/mol. The molecule has 94 valence electrons. The average molecular weight is 284 g/mol. The van der Waals surface area contributed by atoms with Crippen LogP contribution in [-0.4, -0.2) is 16.1 Å². The fourth-order valence-corrected chi connectivity index (χ4v) is 2.02. The molecule has 1 heterocycles. The van der Waals surface area contributed by atoms with Crippen molar-refractivity contribution >= 4 is 34.8 Å². The van der Waals surface area contributed by atoms with E-state index in [1.165, 1.54) is 0 Å². The SMILES string of the molecule is O=C(CCc1ccc(Cl)cc1Cl)Nc1cn[nH]c1. The zero-order chi connectivity index (χ0) is 13.0. The fraction of sp³-hybridized carbons (Fsp3) is 0.167. The first-order valence-electron chi connectivity index (χ1n) is 5.38. The number of aromatic amines is 1. The summed E-state index contributed by atoms with van der Waals surface area (Å²) in [4.78, 5) is 11.6. The van der Waals surface area contributed by atoms with Gasteiger partial charge in [-0.2, -0.15) is 5.10 Å². The van der Waals surface area contributed by atoms with Crippen LogP contribution in [0.4, 0.5) is 5.69 Å². The number of rotatable bonds is 4. The molecule has 0 fully saturated rings. The first kappa shape index (κ1) is 12.9. The molecular weight excluding hydrogens is 273 g/mol. The van der Waals surface area contributed by atoms with E-state index < -0.39 is 0 Å². The molecule has 0 bridgehead atoms. The second-order valence-electron chi connectivity index (χ2n) is 3.77. The van der Waals surface area contributed by atoms with Gasteiger partial charge in [-0.25, -0.2) is 0 Å². The van der Waals surface area contributed by atoms with E-state index in [1.807, 2.05) is 6.07 Å². The molecule has 18 heavy (non-hydrogen) atoms. The molecule has 0 unspecified atom stereocenters. The highest BCUT2D eigenvalue weighted by Gasteiger charge is 2.06. The number of nitrogens with zero attached hydrogens (tertiary/aromatic N) is 1. The highest BCUT2D eigenvalue weighted by molar-refractivity contribution is 6.35. The van der Waals surface area contributed by atoms with Gasteiger partial charge in [-0.15, -0.1) is 0 Å². The molecule has 1 aromatic heterocycles. The summed E-state index contributed by atoms with van der Waals surface area (Å²) in [5.74, 6) is -0.0811. The minimum Gasteiger partial charge on any atom is -0.323 e. The van der Waals surface area contributed by atoms with E-state index in [9.17, 15) is 4.79 Å². The number of benzene rings is 1. The smallest absolute Gasteiger partial charge is 0.224 e. The van der Waals surface area contributed by atoms with Gasteiger partial charge in [0.2, 0.25) is 5.91 Å². The Balaban J connectivity index is 1.89. The predicted molar refractivity (Wildman–Crippen MR) is 72.0 cm³/mol. The van der Waals surface area contributed by atoms with Gasteiger partial charge < -0.3 is 5.32 Å². The summed E-state index contributed by atoms with van der Waals surface area (Å²) in [5, 5.41) is 10.3. The number of amides is 1. The first-order valence-corrected chi connectivity index (χ1v) is 6.13. The van der Waals surface area contributed by atoms with Crippen molar-refractivity contribution in [3.63, 3.8) is 0 Å². The molecular formula is C12H11Cl2N3O. The number of carbonyl (C=O) groups is 1. The number of aryl methyl sites for hydroxylation is 1. The van der Waals surface area contributed by atoms with Gasteiger partial charge in [0.1, 0.15) is 0 Å². The number of hydrogen-bond acceptors (Lipinski definition) is 2. The molecule has 2 N–H and O–H groups in total. The molecule has 0 atom stereocenters. The van der Waals surface area contributed by atoms with Crippen LogP contribution in [0.3, 0.4) is 0 Å². The molecule has 0 aliphatic carbocycles. The predicted octanol–water partition coefficient (Wildman–Crippen LogP) is 3.29. The van der Waals surface area contributed by atoms with Crippen LogP contribution < -0.4 is 5.32 Å².